The van der Waals surface area contributed by atoms with Gasteiger partial charge in [-0.1, -0.05) is 20.8 Å². The number of nitrogens with one attached hydrogen (secondary N) is 1. The van der Waals surface area contributed by atoms with Gasteiger partial charge in [-0.3, -0.25) is 0 Å². The molecule has 0 heterocycles. The van der Waals surface area contributed by atoms with Crippen LogP contribution in [-0.2, 0) is 15.8 Å². The fourth-order valence-electron chi connectivity index (χ4n) is 0.467. The standard InChI is InChI=1S/C8H19NOSi.C4H11NOS/c1-8(2,3)11(4,5)10-7-6-9;1-4(2,3)7(5)6/h6,9H,7H2,1-5H3;5H2,1-3H3/t;7-/m.1/s1. The van der Waals surface area contributed by atoms with E-state index in [9.17, 15) is 4.55 Å². The lowest BCUT2D eigenvalue weighted by Crippen LogP contribution is -2.41. The van der Waals surface area contributed by atoms with Crippen molar-refractivity contribution in [1.82, 2.24) is 0 Å². The summed E-state index contributed by atoms with van der Waals surface area (Å²) in [5.41, 5.74) is 0. The molecular weight excluding hydrogens is 264 g/mol. The van der Waals surface area contributed by atoms with E-state index in [1.807, 2.05) is 20.8 Å². The van der Waals surface area contributed by atoms with Gasteiger partial charge in [0.25, 0.3) is 0 Å². The predicted molar refractivity (Wildman–Crippen MR) is 84.0 cm³/mol. The molecule has 18 heavy (non-hydrogen) atoms. The van der Waals surface area contributed by atoms with E-state index in [-0.39, 0.29) is 9.79 Å². The molecule has 0 aliphatic carbocycles. The monoisotopic (exact) mass is 294 g/mol. The minimum Gasteiger partial charge on any atom is -0.598 e. The summed E-state index contributed by atoms with van der Waals surface area (Å²) in [4.78, 5) is 0. The van der Waals surface area contributed by atoms with Crippen molar-refractivity contribution in [2.75, 3.05) is 6.61 Å². The van der Waals surface area contributed by atoms with Crippen LogP contribution in [0.3, 0.4) is 0 Å². The molecule has 0 aromatic carbocycles. The van der Waals surface area contributed by atoms with Crippen molar-refractivity contribution in [3.8, 4) is 0 Å². The summed E-state index contributed by atoms with van der Waals surface area (Å²) in [7, 11) is -1.58. The Morgan fingerprint density at radius 2 is 1.56 bits per heavy atom. The summed E-state index contributed by atoms with van der Waals surface area (Å²) in [6, 6.07) is 0. The SMILES string of the molecule is CC(C)(C)[S@+](N)[O-].CC(C)(C)[Si](C)(C)OCC=N. The van der Waals surface area contributed by atoms with Gasteiger partial charge in [0.2, 0.25) is 0 Å². The van der Waals surface area contributed by atoms with E-state index >= 15 is 0 Å². The van der Waals surface area contributed by atoms with Gasteiger partial charge < -0.3 is 14.4 Å². The van der Waals surface area contributed by atoms with Crippen LogP contribution in [0.2, 0.25) is 18.1 Å². The van der Waals surface area contributed by atoms with Crippen molar-refractivity contribution in [3.63, 3.8) is 0 Å². The average Bonchev–Trinajstić information content (AvgIpc) is 2.12. The van der Waals surface area contributed by atoms with Crippen molar-refractivity contribution in [1.29, 1.82) is 5.41 Å². The molecule has 0 aliphatic rings. The van der Waals surface area contributed by atoms with Gasteiger partial charge in [0.15, 0.2) is 8.32 Å². The molecule has 3 N–H and O–H groups in total. The Morgan fingerprint density at radius 1 is 1.22 bits per heavy atom. The third-order valence-electron chi connectivity index (χ3n) is 2.94. The zero-order chi connectivity index (χ0) is 15.2. The highest BCUT2D eigenvalue weighted by molar-refractivity contribution is 7.90. The largest absolute Gasteiger partial charge is 0.598 e. The molecule has 0 fully saturated rings. The van der Waals surface area contributed by atoms with Crippen LogP contribution in [0.1, 0.15) is 41.5 Å². The normalized spacial score (nSPS) is 14.6. The molecule has 0 bridgehead atoms. The van der Waals surface area contributed by atoms with Crippen LogP contribution in [0.4, 0.5) is 0 Å². The Hall–Kier alpha value is 0.117. The van der Waals surface area contributed by atoms with Gasteiger partial charge in [-0.05, 0) is 38.9 Å². The molecule has 0 rings (SSSR count). The highest BCUT2D eigenvalue weighted by Crippen LogP contribution is 2.36. The molecule has 0 aromatic rings. The number of rotatable bonds is 3. The second-order valence-corrected chi connectivity index (χ2v) is 13.3. The summed E-state index contributed by atoms with van der Waals surface area (Å²) in [6.07, 6.45) is 1.32. The summed E-state index contributed by atoms with van der Waals surface area (Å²) < 4.78 is 15.7. The lowest BCUT2D eigenvalue weighted by molar-refractivity contribution is 0.343. The number of nitrogens with two attached hydrogens (primary N) is 1. The van der Waals surface area contributed by atoms with Crippen LogP contribution in [-0.4, -0.2) is 30.4 Å². The van der Waals surface area contributed by atoms with E-state index < -0.39 is 19.7 Å². The minimum atomic E-state index is -1.58. The molecule has 0 saturated carbocycles. The lowest BCUT2D eigenvalue weighted by atomic mass is 10.2. The third-order valence-corrected chi connectivity index (χ3v) is 8.65. The zero-order valence-corrected chi connectivity index (χ0v) is 14.9. The quantitative estimate of drug-likeness (QED) is 0.477. The van der Waals surface area contributed by atoms with Crippen LogP contribution in [0.5, 0.6) is 0 Å². The van der Waals surface area contributed by atoms with Crippen molar-refractivity contribution in [2.45, 2.75) is 64.4 Å². The van der Waals surface area contributed by atoms with E-state index in [1.54, 1.807) is 0 Å². The van der Waals surface area contributed by atoms with Gasteiger partial charge in [-0.25, -0.2) is 0 Å². The van der Waals surface area contributed by atoms with E-state index in [0.29, 0.717) is 6.61 Å². The summed E-state index contributed by atoms with van der Waals surface area (Å²) in [6.45, 7) is 17.0. The Balaban J connectivity index is 0. The second kappa shape index (κ2) is 7.64. The van der Waals surface area contributed by atoms with E-state index in [0.717, 1.165) is 0 Å². The Morgan fingerprint density at radius 3 is 1.72 bits per heavy atom. The summed E-state index contributed by atoms with van der Waals surface area (Å²) in [5.74, 6) is 0. The number of hydrogen-bond acceptors (Lipinski definition) is 4. The van der Waals surface area contributed by atoms with Crippen molar-refractivity contribution < 1.29 is 8.98 Å². The van der Waals surface area contributed by atoms with Crippen molar-refractivity contribution in [3.05, 3.63) is 0 Å². The maximum Gasteiger partial charge on any atom is 0.192 e. The molecule has 0 aromatic heterocycles. The first-order chi connectivity index (χ1) is 7.75. The van der Waals surface area contributed by atoms with Gasteiger partial charge in [-0.15, -0.1) is 0 Å². The fraction of sp³-hybridized carbons (Fsp3) is 0.917. The van der Waals surface area contributed by atoms with Gasteiger partial charge in [0.05, 0.1) is 6.61 Å². The molecule has 0 saturated heterocycles. The van der Waals surface area contributed by atoms with Crippen molar-refractivity contribution >= 4 is 25.9 Å². The maximum absolute atomic E-state index is 10.4. The maximum atomic E-state index is 10.4. The number of hydrogen-bond donors (Lipinski definition) is 2. The molecule has 0 aliphatic heterocycles. The fourth-order valence-corrected chi connectivity index (χ4v) is 1.40. The van der Waals surface area contributed by atoms with Gasteiger partial charge >= 0.3 is 0 Å². The molecular formula is C12H30N2O2SSi. The first-order valence-corrected chi connectivity index (χ1v) is 10.2. The zero-order valence-electron chi connectivity index (χ0n) is 13.1. The lowest BCUT2D eigenvalue weighted by Gasteiger charge is -2.35. The predicted octanol–water partition coefficient (Wildman–Crippen LogP) is 3.07. The topological polar surface area (TPSA) is 82.2 Å². The molecule has 0 unspecified atom stereocenters. The molecule has 4 nitrogen and oxygen atoms in total. The minimum absolute atomic E-state index is 0.250. The summed E-state index contributed by atoms with van der Waals surface area (Å²) in [5, 5.41) is 12.2. The Bertz CT molecular complexity index is 245. The summed E-state index contributed by atoms with van der Waals surface area (Å²) >= 11 is -1.18. The highest BCUT2D eigenvalue weighted by atomic mass is 32.2. The average molecular weight is 295 g/mol. The molecule has 0 spiro atoms. The first kappa shape index (κ1) is 20.4. The Labute approximate surface area is 117 Å². The van der Waals surface area contributed by atoms with Crippen LogP contribution in [0.25, 0.3) is 0 Å². The Kier molecular flexibility index (Phi) is 8.68. The molecule has 6 heteroatoms. The van der Waals surface area contributed by atoms with Crippen LogP contribution >= 0.6 is 0 Å². The molecule has 110 valence electrons. The molecule has 0 radical (unpaired) electrons. The second-order valence-electron chi connectivity index (χ2n) is 6.69. The van der Waals surface area contributed by atoms with Crippen LogP contribution in [0.15, 0.2) is 0 Å². The van der Waals surface area contributed by atoms with Crippen molar-refractivity contribution in [2.24, 2.45) is 5.14 Å². The van der Waals surface area contributed by atoms with Gasteiger partial charge in [-0.2, -0.15) is 5.14 Å². The smallest absolute Gasteiger partial charge is 0.192 e. The highest BCUT2D eigenvalue weighted by Gasteiger charge is 2.36. The molecule has 1 atom stereocenters. The first-order valence-electron chi connectivity index (χ1n) is 6.05. The van der Waals surface area contributed by atoms with Crippen LogP contribution < -0.4 is 5.14 Å². The molecule has 0 amide bonds. The van der Waals surface area contributed by atoms with E-state index in [1.165, 1.54) is 6.21 Å². The third kappa shape index (κ3) is 9.10. The van der Waals surface area contributed by atoms with Gasteiger partial charge in [0.1, 0.15) is 4.75 Å². The van der Waals surface area contributed by atoms with E-state index in [4.69, 9.17) is 15.0 Å². The van der Waals surface area contributed by atoms with Gasteiger partial charge in [0, 0.05) is 17.6 Å². The van der Waals surface area contributed by atoms with E-state index in [2.05, 4.69) is 33.9 Å². The van der Waals surface area contributed by atoms with Crippen LogP contribution in [0, 0.1) is 5.41 Å².